The molecule has 138 heavy (non-hydrogen) atoms. The number of carbonyl (C=O) groups excluding carboxylic acids is 4. The minimum Gasteiger partial charge on any atom is -0.496 e. The van der Waals surface area contributed by atoms with Crippen molar-refractivity contribution < 1.29 is 28.7 Å². The van der Waals surface area contributed by atoms with Gasteiger partial charge in [-0.25, -0.2) is 77.3 Å². The summed E-state index contributed by atoms with van der Waals surface area (Å²) in [5.74, 6) is 1.06. The van der Waals surface area contributed by atoms with E-state index in [0.717, 1.165) is 11.1 Å². The number of halogens is 2. The van der Waals surface area contributed by atoms with Crippen molar-refractivity contribution >= 4 is 138 Å². The molecule has 0 aliphatic heterocycles. The predicted molar refractivity (Wildman–Crippen MR) is 543 cm³/mol. The van der Waals surface area contributed by atoms with E-state index in [-0.39, 0.29) is 69.7 Å². The number of carbonyl (C=O) groups is 4. The largest absolute Gasteiger partial charge is 0.496 e. The predicted octanol–water partition coefficient (Wildman–Crippen LogP) is 10.8. The van der Waals surface area contributed by atoms with Gasteiger partial charge in [-0.2, -0.15) is 0 Å². The average Bonchev–Trinajstić information content (AvgIpc) is 1.60. The second-order valence-corrected chi connectivity index (χ2v) is 33.2. The fraction of sp³-hybridized carbons (Fsp3) is 0.184. The Morgan fingerprint density at radius 3 is 0.884 bits per heavy atom. The Bertz CT molecular complexity index is 7630. The van der Waals surface area contributed by atoms with Crippen molar-refractivity contribution in [2.75, 3.05) is 154 Å². The summed E-state index contributed by atoms with van der Waals surface area (Å²) in [4.78, 5) is 149. The van der Waals surface area contributed by atoms with Gasteiger partial charge in [-0.15, -0.1) is 0 Å². The molecule has 8 aromatic carbocycles. The molecule has 8 aromatic heterocycles. The molecule has 0 spiro atoms. The molecular weight excluding hydrogens is 1800 g/mol. The zero-order valence-corrected chi connectivity index (χ0v) is 79.6. The van der Waals surface area contributed by atoms with Crippen LogP contribution in [0.3, 0.4) is 0 Å². The van der Waals surface area contributed by atoms with Crippen molar-refractivity contribution in [1.82, 2.24) is 96.0 Å². The molecule has 0 saturated heterocycles. The average molecular weight is 1900 g/mol. The number of nitrogens with one attached hydrogen (secondary N) is 2. The van der Waals surface area contributed by atoms with Crippen LogP contribution in [0, 0.1) is 13.8 Å². The number of nitrogens with zero attached hydrogens (tertiary/aromatic N) is 22. The van der Waals surface area contributed by atoms with Gasteiger partial charge in [-0.05, 0) is 215 Å². The van der Waals surface area contributed by atoms with Crippen LogP contribution in [-0.4, -0.2) is 231 Å². The van der Waals surface area contributed by atoms with Crippen molar-refractivity contribution in [2.45, 2.75) is 13.8 Å². The lowest BCUT2D eigenvalue weighted by atomic mass is 10.2. The van der Waals surface area contributed by atoms with E-state index in [1.165, 1.54) is 95.9 Å². The highest BCUT2D eigenvalue weighted by Gasteiger charge is 2.27. The van der Waals surface area contributed by atoms with Gasteiger partial charge < -0.3 is 72.4 Å². The Hall–Kier alpha value is -16.8. The normalized spacial score (nSPS) is 11.5. The Morgan fingerprint density at radius 1 is 0.333 bits per heavy atom. The van der Waals surface area contributed by atoms with Crippen LogP contribution in [0.5, 0.6) is 11.5 Å². The number of methoxy groups -OCH3 is 2. The molecule has 708 valence electrons. The lowest BCUT2D eigenvalue weighted by molar-refractivity contribution is -0.114. The summed E-state index contributed by atoms with van der Waals surface area (Å²) >= 11 is 12.0. The monoisotopic (exact) mass is 1900 g/mol. The number of nitrogen functional groups attached to an aromatic ring is 4. The molecule has 10 N–H and O–H groups in total. The first-order chi connectivity index (χ1) is 66.1. The molecule has 0 aliphatic carbocycles. The first kappa shape index (κ1) is 98.7. The van der Waals surface area contributed by atoms with Crippen LogP contribution in [0.25, 0.3) is 90.2 Å². The maximum atomic E-state index is 13.8. The number of fused-ring (bicyclic) bond motifs is 4. The number of likely N-dealkylation sites (N-methyl/N-ethyl adjacent to an activating group) is 6. The zero-order valence-electron chi connectivity index (χ0n) is 78.1. The van der Waals surface area contributed by atoms with Crippen molar-refractivity contribution in [3.63, 3.8) is 0 Å². The number of imidazole rings is 4. The van der Waals surface area contributed by atoms with Gasteiger partial charge in [0.25, 0.3) is 0 Å². The fourth-order valence-corrected chi connectivity index (χ4v) is 14.8. The standard InChI is InChI=1S/C26H29N7O3.C25H27N7O3.C24H24ClN7O2.C23H22ClN7O2/c1-17-11-12-20(15-21(17)36-5)32-23-24(27)28-16-29-25(23)33(26(32)35)19-9-6-8-18(14-19)31(4)22(34)10-7-13-30(2)3;1-16-10-11-19(14-20(16)35-4)31-22-23(26)27-15-28-24(22)32(25(31)34)18-8-5-7-17(13-18)29-21(33)9-6-12-30(2)3;1-29(2)13-5-8-20(33)30(3)18-6-4-7-19(14-18)32-23-21(22(26)27-15-28-23)31(24(32)34)17-11-9-16(25)10-12-17;1-29(2)12-4-7-19(32)28-16-5-3-6-18(13-16)31-22-20(21(25)26-14-27-22)30(23(31)33)17-10-8-15(24)9-11-17/h6-12,14-16H,13H2,1-5H3,(H2,27,28,29);5-11,13-15H,12H2,1-4H3,(H,29,33)(H2,26,27,28);4-12,14-15H,13H2,1-3H3,(H2,26,27,28);3-11,13-14H,12H2,1-2H3,(H,28,32)(H2,25,26,27)/b10-7+;9-6+;8-5+;7-4+. The van der Waals surface area contributed by atoms with E-state index in [9.17, 15) is 38.4 Å². The van der Waals surface area contributed by atoms with E-state index in [1.807, 2.05) is 114 Å². The summed E-state index contributed by atoms with van der Waals surface area (Å²) in [6.45, 7) is 6.44. The number of aryl methyl sites for hydroxylation is 2. The number of benzene rings is 8. The number of ether oxygens (including phenoxy) is 2. The smallest absolute Gasteiger partial charge is 0.339 e. The number of aromatic nitrogens is 16. The second kappa shape index (κ2) is 43.9. The Labute approximate surface area is 801 Å². The van der Waals surface area contributed by atoms with E-state index < -0.39 is 0 Å². The van der Waals surface area contributed by atoms with Crippen LogP contribution in [0.1, 0.15) is 11.1 Å². The van der Waals surface area contributed by atoms with Crippen molar-refractivity contribution in [3.05, 3.63) is 319 Å². The summed E-state index contributed by atoms with van der Waals surface area (Å²) < 4.78 is 22.5. The SMILES string of the molecule is CN(C)C/C=C/C(=O)N(C)c1cccc(-n2c(=O)n(-c3ccc(Cl)cc3)c3c(N)ncnc32)c1.CN(C)C/C=C/C(=O)Nc1cccc(-n2c(=O)n(-c3ccc(Cl)cc3)c3c(N)ncnc32)c1.COc1cc(-n2c(=O)n(-c3cccc(N(C)C(=O)/C=C/CN(C)C)c3)c3ncnc(N)c32)ccc1C.COc1cc(-n2c(=O)n(-c3cccc(NC(=O)/C=C/CN(C)C)c3)c3ncnc(N)c32)ccc1C. The molecule has 38 nitrogen and oxygen atoms in total. The molecule has 8 heterocycles. The Morgan fingerprint density at radius 2 is 0.594 bits per heavy atom. The molecule has 0 fully saturated rings. The first-order valence-electron chi connectivity index (χ1n) is 42.8. The number of hydrogen-bond acceptors (Lipinski definition) is 26. The summed E-state index contributed by atoms with van der Waals surface area (Å²) in [7, 11) is 21.9. The van der Waals surface area contributed by atoms with Gasteiger partial charge in [0, 0.05) is 110 Å². The van der Waals surface area contributed by atoms with Gasteiger partial charge in [-0.3, -0.25) is 37.4 Å². The molecule has 0 atom stereocenters. The Balaban J connectivity index is 0.000000155. The first-order valence-corrected chi connectivity index (χ1v) is 43.5. The van der Waals surface area contributed by atoms with Gasteiger partial charge in [-0.1, -0.05) is 83.9 Å². The third kappa shape index (κ3) is 22.3. The van der Waals surface area contributed by atoms with Crippen LogP contribution < -0.4 is 75.6 Å². The molecule has 40 heteroatoms. The number of amides is 4. The summed E-state index contributed by atoms with van der Waals surface area (Å²) in [6.07, 6.45) is 18.4. The van der Waals surface area contributed by atoms with Gasteiger partial charge in [0.05, 0.1) is 59.7 Å². The summed E-state index contributed by atoms with van der Waals surface area (Å²) in [6, 6.07) is 52.7. The fourth-order valence-electron chi connectivity index (χ4n) is 14.6. The van der Waals surface area contributed by atoms with Gasteiger partial charge >= 0.3 is 22.8 Å². The van der Waals surface area contributed by atoms with E-state index in [2.05, 4.69) is 50.5 Å². The molecule has 0 saturated carbocycles. The molecular formula is C98H102Cl2N28O10. The molecule has 0 unspecified atom stereocenters. The highest BCUT2D eigenvalue weighted by atomic mass is 35.5. The topological polar surface area (TPSA) is 445 Å². The lowest BCUT2D eigenvalue weighted by Crippen LogP contribution is -2.25. The third-order valence-electron chi connectivity index (χ3n) is 21.4. The van der Waals surface area contributed by atoms with E-state index in [1.54, 1.807) is 210 Å². The number of hydrogen-bond donors (Lipinski definition) is 6. The minimum absolute atomic E-state index is 0.167. The van der Waals surface area contributed by atoms with Crippen LogP contribution in [0.2, 0.25) is 10.0 Å². The Kier molecular flexibility index (Phi) is 31.4. The van der Waals surface area contributed by atoms with Gasteiger partial charge in [0.1, 0.15) is 58.9 Å². The van der Waals surface area contributed by atoms with Gasteiger partial charge in [0.2, 0.25) is 23.6 Å². The molecule has 16 aromatic rings. The number of rotatable bonds is 26. The van der Waals surface area contributed by atoms with E-state index >= 15 is 0 Å². The number of nitrogens with two attached hydrogens (primary N) is 4. The molecule has 4 amide bonds. The van der Waals surface area contributed by atoms with E-state index in [4.69, 9.17) is 55.6 Å². The molecule has 16 rings (SSSR count). The van der Waals surface area contributed by atoms with Crippen molar-refractivity contribution in [3.8, 4) is 57.0 Å². The maximum Gasteiger partial charge on any atom is 0.339 e. The highest BCUT2D eigenvalue weighted by Crippen LogP contribution is 2.33. The lowest BCUT2D eigenvalue weighted by Gasteiger charge is -2.16. The van der Waals surface area contributed by atoms with Crippen LogP contribution in [-0.2, 0) is 19.2 Å². The quantitative estimate of drug-likeness (QED) is 0.0274. The maximum absolute atomic E-state index is 13.8. The highest BCUT2D eigenvalue weighted by molar-refractivity contribution is 6.31. The van der Waals surface area contributed by atoms with Crippen molar-refractivity contribution in [2.24, 2.45) is 0 Å². The van der Waals surface area contributed by atoms with Crippen LogP contribution >= 0.6 is 23.2 Å². The van der Waals surface area contributed by atoms with Gasteiger partial charge in [0.15, 0.2) is 45.9 Å². The second-order valence-electron chi connectivity index (χ2n) is 32.4. The van der Waals surface area contributed by atoms with E-state index in [0.29, 0.717) is 161 Å². The molecule has 0 bridgehead atoms. The van der Waals surface area contributed by atoms with Crippen LogP contribution in [0.15, 0.2) is 275 Å². The van der Waals surface area contributed by atoms with Crippen molar-refractivity contribution in [1.29, 1.82) is 0 Å². The molecule has 0 radical (unpaired) electrons. The summed E-state index contributed by atoms with van der Waals surface area (Å²) in [5.41, 5.74) is 34.7. The minimum atomic E-state index is -0.382. The zero-order chi connectivity index (χ0) is 99.0. The molecule has 0 aliphatic rings. The summed E-state index contributed by atoms with van der Waals surface area (Å²) in [5, 5.41) is 6.73. The van der Waals surface area contributed by atoms with Crippen LogP contribution in [0.4, 0.5) is 46.0 Å². The number of anilines is 8. The third-order valence-corrected chi connectivity index (χ3v) is 21.9.